The summed E-state index contributed by atoms with van der Waals surface area (Å²) in [6.45, 7) is 6.85. The summed E-state index contributed by atoms with van der Waals surface area (Å²) >= 11 is 0. The highest BCUT2D eigenvalue weighted by Gasteiger charge is 2.25. The molecule has 0 unspecified atom stereocenters. The van der Waals surface area contributed by atoms with Crippen LogP contribution in [-0.4, -0.2) is 29.8 Å². The Morgan fingerprint density at radius 2 is 1.96 bits per heavy atom. The number of amides is 2. The maximum absolute atomic E-state index is 12.7. The summed E-state index contributed by atoms with van der Waals surface area (Å²) < 4.78 is 0. The van der Waals surface area contributed by atoms with Crippen molar-refractivity contribution >= 4 is 11.8 Å². The van der Waals surface area contributed by atoms with Crippen LogP contribution < -0.4 is 11.3 Å². The van der Waals surface area contributed by atoms with E-state index in [0.717, 1.165) is 12.8 Å². The average molecular weight is 352 g/mol. The number of nitrogens with zero attached hydrogens (tertiary/aromatic N) is 2. The fraction of sp³-hybridized carbons (Fsp3) is 0.350. The number of rotatable bonds is 5. The highest BCUT2D eigenvalue weighted by Crippen LogP contribution is 2.29. The predicted octanol–water partition coefficient (Wildman–Crippen LogP) is 2.15. The Hall–Kier alpha value is -2.91. The van der Waals surface area contributed by atoms with Crippen LogP contribution in [0.15, 0.2) is 48.1 Å². The summed E-state index contributed by atoms with van der Waals surface area (Å²) in [4.78, 5) is 26.0. The van der Waals surface area contributed by atoms with Crippen molar-refractivity contribution in [3.05, 3.63) is 59.2 Å². The quantitative estimate of drug-likeness (QED) is 0.279. The first kappa shape index (κ1) is 19.4. The molecule has 2 amide bonds. The van der Waals surface area contributed by atoms with Gasteiger partial charge in [-0.3, -0.25) is 15.0 Å². The van der Waals surface area contributed by atoms with Gasteiger partial charge in [0.2, 0.25) is 5.91 Å². The zero-order chi connectivity index (χ0) is 19.1. The number of nitrogens with one attached hydrogen (secondary N) is 1. The van der Waals surface area contributed by atoms with Crippen LogP contribution in [0.4, 0.5) is 0 Å². The number of hydrogen-bond acceptors (Lipinski definition) is 4. The first-order chi connectivity index (χ1) is 12.5. The van der Waals surface area contributed by atoms with Crippen LogP contribution in [0.25, 0.3) is 0 Å². The Morgan fingerprint density at radius 3 is 2.46 bits per heavy atom. The topological polar surface area (TPSA) is 99.2 Å². The fourth-order valence-electron chi connectivity index (χ4n) is 3.13. The summed E-state index contributed by atoms with van der Waals surface area (Å²) in [7, 11) is 0. The van der Waals surface area contributed by atoms with Crippen LogP contribution >= 0.6 is 0 Å². The van der Waals surface area contributed by atoms with Gasteiger partial charge < -0.3 is 4.90 Å². The van der Waals surface area contributed by atoms with Gasteiger partial charge in [0.15, 0.2) is 0 Å². The van der Waals surface area contributed by atoms with Crippen molar-refractivity contribution in [2.24, 2.45) is 5.84 Å². The van der Waals surface area contributed by atoms with Gasteiger partial charge in [-0.2, -0.15) is 5.26 Å². The van der Waals surface area contributed by atoms with Gasteiger partial charge in [-0.05, 0) is 49.0 Å². The highest BCUT2D eigenvalue weighted by molar-refractivity contribution is 6.00. The van der Waals surface area contributed by atoms with E-state index in [1.165, 1.54) is 11.6 Å². The number of hydrazine groups is 1. The van der Waals surface area contributed by atoms with Gasteiger partial charge in [0.1, 0.15) is 0 Å². The van der Waals surface area contributed by atoms with E-state index in [2.05, 4.69) is 12.6 Å². The Morgan fingerprint density at radius 1 is 1.35 bits per heavy atom. The van der Waals surface area contributed by atoms with Crippen molar-refractivity contribution in [3.63, 3.8) is 0 Å². The first-order valence-electron chi connectivity index (χ1n) is 8.69. The molecule has 2 rings (SSSR count). The minimum Gasteiger partial charge on any atom is -0.339 e. The van der Waals surface area contributed by atoms with Crippen molar-refractivity contribution in [2.45, 2.75) is 32.1 Å². The molecule has 0 saturated carbocycles. The van der Waals surface area contributed by atoms with Crippen molar-refractivity contribution < 1.29 is 9.59 Å². The summed E-state index contributed by atoms with van der Waals surface area (Å²) in [6.07, 6.45) is 3.78. The summed E-state index contributed by atoms with van der Waals surface area (Å²) in [5.74, 6) is 4.93. The first-order valence-corrected chi connectivity index (χ1v) is 8.69. The van der Waals surface area contributed by atoms with E-state index >= 15 is 0 Å². The Bertz CT molecular complexity index is 751. The molecule has 26 heavy (non-hydrogen) atoms. The molecule has 3 N–H and O–H groups in total. The number of hydrogen-bond donors (Lipinski definition) is 2. The van der Waals surface area contributed by atoms with Crippen molar-refractivity contribution in [1.29, 1.82) is 5.26 Å². The molecule has 0 atom stereocenters. The van der Waals surface area contributed by atoms with Crippen LogP contribution in [-0.2, 0) is 9.59 Å². The smallest absolute Gasteiger partial charge is 0.264 e. The third-order valence-electron chi connectivity index (χ3n) is 4.72. The number of likely N-dealkylation sites (tertiary alicyclic amines) is 1. The molecular formula is C20H24N4O2. The van der Waals surface area contributed by atoms with Crippen LogP contribution in [0.5, 0.6) is 0 Å². The lowest BCUT2D eigenvalue weighted by atomic mass is 9.88. The second-order valence-electron chi connectivity index (χ2n) is 6.32. The molecule has 1 aromatic carbocycles. The van der Waals surface area contributed by atoms with Gasteiger partial charge in [-0.15, -0.1) is 0 Å². The molecule has 0 aliphatic carbocycles. The molecule has 0 radical (unpaired) electrons. The number of nitrogens with two attached hydrogens (primary N) is 1. The molecule has 1 saturated heterocycles. The molecule has 6 heteroatoms. The minimum atomic E-state index is -0.497. The van der Waals surface area contributed by atoms with Crippen molar-refractivity contribution in [2.75, 3.05) is 13.1 Å². The molecular weight excluding hydrogens is 328 g/mol. The molecule has 0 aromatic heterocycles. The predicted molar refractivity (Wildman–Crippen MR) is 99.6 cm³/mol. The van der Waals surface area contributed by atoms with Crippen molar-refractivity contribution in [1.82, 2.24) is 10.3 Å². The van der Waals surface area contributed by atoms with Crippen LogP contribution in [0.1, 0.15) is 43.2 Å². The van der Waals surface area contributed by atoms with Crippen molar-refractivity contribution in [3.8, 4) is 6.07 Å². The number of nitriles is 1. The van der Waals surface area contributed by atoms with Gasteiger partial charge in [-0.1, -0.05) is 25.6 Å². The van der Waals surface area contributed by atoms with E-state index in [0.29, 0.717) is 36.6 Å². The van der Waals surface area contributed by atoms with E-state index in [1.54, 1.807) is 0 Å². The van der Waals surface area contributed by atoms with Crippen LogP contribution in [0.2, 0.25) is 0 Å². The minimum absolute atomic E-state index is 0.0586. The fourth-order valence-corrected chi connectivity index (χ4v) is 3.13. The molecule has 1 fully saturated rings. The lowest BCUT2D eigenvalue weighted by Gasteiger charge is -2.33. The Kier molecular flexibility index (Phi) is 6.70. The normalized spacial score (nSPS) is 15.3. The Labute approximate surface area is 153 Å². The molecule has 0 spiro atoms. The van der Waals surface area contributed by atoms with Gasteiger partial charge in [-0.25, -0.2) is 5.84 Å². The highest BCUT2D eigenvalue weighted by atomic mass is 16.2. The molecule has 136 valence electrons. The van der Waals surface area contributed by atoms with Gasteiger partial charge in [0.05, 0.1) is 11.6 Å². The SMILES string of the molecule is C=C(/C=C(\CC)C(=O)N1CCC(c2ccc(C#N)cc2)CC1)C(=O)NN. The number of piperidine rings is 1. The third-order valence-corrected chi connectivity index (χ3v) is 4.72. The molecule has 1 aliphatic heterocycles. The maximum atomic E-state index is 12.7. The third kappa shape index (κ3) is 4.58. The summed E-state index contributed by atoms with van der Waals surface area (Å²) in [5, 5.41) is 8.88. The molecule has 1 heterocycles. The average Bonchev–Trinajstić information content (AvgIpc) is 2.70. The largest absolute Gasteiger partial charge is 0.339 e. The molecule has 1 aliphatic rings. The van der Waals surface area contributed by atoms with Gasteiger partial charge in [0.25, 0.3) is 5.91 Å². The molecule has 1 aromatic rings. The van der Waals surface area contributed by atoms with E-state index in [9.17, 15) is 9.59 Å². The number of benzene rings is 1. The molecule has 0 bridgehead atoms. The Balaban J connectivity index is 2.00. The van der Waals surface area contributed by atoms with Gasteiger partial charge in [0, 0.05) is 24.2 Å². The monoisotopic (exact) mass is 352 g/mol. The summed E-state index contributed by atoms with van der Waals surface area (Å²) in [6, 6.07) is 9.77. The van der Waals surface area contributed by atoms with Crippen LogP contribution in [0.3, 0.4) is 0 Å². The lowest BCUT2D eigenvalue weighted by Crippen LogP contribution is -2.39. The van der Waals surface area contributed by atoms with E-state index in [-0.39, 0.29) is 11.5 Å². The molecule has 6 nitrogen and oxygen atoms in total. The zero-order valence-electron chi connectivity index (χ0n) is 15.0. The van der Waals surface area contributed by atoms with Gasteiger partial charge >= 0.3 is 0 Å². The summed E-state index contributed by atoms with van der Waals surface area (Å²) in [5.41, 5.74) is 4.60. The number of carbonyl (C=O) groups excluding carboxylic acids is 2. The van der Waals surface area contributed by atoms with E-state index in [4.69, 9.17) is 11.1 Å². The zero-order valence-corrected chi connectivity index (χ0v) is 15.0. The lowest BCUT2D eigenvalue weighted by molar-refractivity contribution is -0.128. The standard InChI is InChI=1S/C20H24N4O2/c1-3-16(12-14(2)19(25)23-22)20(26)24-10-8-18(9-11-24)17-6-4-15(13-21)5-7-17/h4-7,12,18H,2-3,8-11,22H2,1H3,(H,23,25)/b16-12+. The van der Waals surface area contributed by atoms with E-state index in [1.807, 2.05) is 41.5 Å². The maximum Gasteiger partial charge on any atom is 0.264 e. The van der Waals surface area contributed by atoms with E-state index < -0.39 is 5.91 Å². The van der Waals surface area contributed by atoms with Crippen LogP contribution in [0, 0.1) is 11.3 Å². The number of carbonyl (C=O) groups is 2. The second-order valence-corrected chi connectivity index (χ2v) is 6.32. The second kappa shape index (κ2) is 8.97.